The predicted molar refractivity (Wildman–Crippen MR) is 106 cm³/mol. The van der Waals surface area contributed by atoms with Gasteiger partial charge >= 0.3 is 5.97 Å². The Kier molecular flexibility index (Phi) is 5.65. The minimum Gasteiger partial charge on any atom is -0.469 e. The molecule has 0 unspecified atom stereocenters. The second-order valence-corrected chi connectivity index (χ2v) is 7.82. The first-order valence-electron chi connectivity index (χ1n) is 10.4. The van der Waals surface area contributed by atoms with Gasteiger partial charge in [0.25, 0.3) is 0 Å². The molecule has 0 N–H and O–H groups in total. The number of carbonyl (C=O) groups is 3. The molecule has 2 aliphatic carbocycles. The molecule has 30 heavy (non-hydrogen) atoms. The van der Waals surface area contributed by atoms with E-state index in [1.54, 1.807) is 24.0 Å². The van der Waals surface area contributed by atoms with E-state index in [1.165, 1.54) is 0 Å². The van der Waals surface area contributed by atoms with Crippen LogP contribution in [0.25, 0.3) is 0 Å². The summed E-state index contributed by atoms with van der Waals surface area (Å²) in [5.74, 6) is -0.128. The highest BCUT2D eigenvalue weighted by molar-refractivity contribution is 6.12. The van der Waals surface area contributed by atoms with Crippen molar-refractivity contribution in [2.75, 3.05) is 6.61 Å². The topological polar surface area (TPSA) is 100 Å². The van der Waals surface area contributed by atoms with Gasteiger partial charge in [0.15, 0.2) is 0 Å². The van der Waals surface area contributed by atoms with Crippen LogP contribution in [0, 0.1) is 5.41 Å². The number of nitrogens with zero attached hydrogens (tertiary/aromatic N) is 3. The van der Waals surface area contributed by atoms with Crippen LogP contribution in [-0.2, 0) is 20.9 Å². The number of hydrogen-bond donors (Lipinski definition) is 0. The molecule has 2 aliphatic rings. The van der Waals surface area contributed by atoms with Crippen molar-refractivity contribution in [2.45, 2.75) is 58.1 Å². The molecule has 0 saturated heterocycles. The number of esters is 1. The van der Waals surface area contributed by atoms with Crippen molar-refractivity contribution < 1.29 is 23.9 Å². The van der Waals surface area contributed by atoms with Crippen LogP contribution in [0.1, 0.15) is 67.5 Å². The number of carbonyl (C=O) groups excluding carboxylic acids is 3. The van der Waals surface area contributed by atoms with E-state index >= 15 is 0 Å². The van der Waals surface area contributed by atoms with Crippen molar-refractivity contribution in [1.82, 2.24) is 14.8 Å². The summed E-state index contributed by atoms with van der Waals surface area (Å²) in [7, 11) is 0. The summed E-state index contributed by atoms with van der Waals surface area (Å²) in [5.41, 5.74) is 0.201. The van der Waals surface area contributed by atoms with E-state index in [4.69, 9.17) is 9.47 Å². The van der Waals surface area contributed by atoms with Gasteiger partial charge in [0.05, 0.1) is 23.8 Å². The van der Waals surface area contributed by atoms with Crippen molar-refractivity contribution >= 4 is 17.5 Å². The van der Waals surface area contributed by atoms with E-state index in [0.29, 0.717) is 38.5 Å². The first-order valence-corrected chi connectivity index (χ1v) is 10.4. The van der Waals surface area contributed by atoms with Crippen LogP contribution < -0.4 is 4.74 Å². The molecule has 2 fully saturated rings. The minimum absolute atomic E-state index is 0.00259. The van der Waals surface area contributed by atoms with Crippen molar-refractivity contribution in [3.63, 3.8) is 0 Å². The Morgan fingerprint density at radius 1 is 1.20 bits per heavy atom. The summed E-state index contributed by atoms with van der Waals surface area (Å²) < 4.78 is 12.7. The summed E-state index contributed by atoms with van der Waals surface area (Å²) >= 11 is 0. The Balaban J connectivity index is 1.51. The third-order valence-electron chi connectivity index (χ3n) is 6.11. The lowest BCUT2D eigenvalue weighted by Gasteiger charge is -2.34. The van der Waals surface area contributed by atoms with E-state index in [0.717, 1.165) is 5.69 Å². The summed E-state index contributed by atoms with van der Waals surface area (Å²) in [4.78, 5) is 41.2. The van der Waals surface area contributed by atoms with Crippen LogP contribution in [0.3, 0.4) is 0 Å². The number of rotatable bonds is 6. The lowest BCUT2D eigenvalue weighted by molar-refractivity contribution is -0.137. The number of ketones is 2. The number of hydrogen-bond acceptors (Lipinski definition) is 7. The lowest BCUT2D eigenvalue weighted by atomic mass is 9.70. The monoisotopic (exact) mass is 411 g/mol. The van der Waals surface area contributed by atoms with Gasteiger partial charge in [0.1, 0.15) is 23.7 Å². The number of pyridine rings is 1. The highest BCUT2D eigenvalue weighted by Crippen LogP contribution is 2.47. The predicted octanol–water partition coefficient (Wildman–Crippen LogP) is 3.07. The molecule has 2 aromatic rings. The molecule has 0 radical (unpaired) electrons. The maximum Gasteiger partial charge on any atom is 0.345 e. The number of Topliss-reactive ketones (excluding diaryl/α,β-unsaturated/α-hetero) is 2. The number of aromatic nitrogens is 3. The normalized spacial score (nSPS) is 18.7. The number of ether oxygens (including phenoxy) is 2. The van der Waals surface area contributed by atoms with Crippen LogP contribution in [-0.4, -0.2) is 38.9 Å². The molecular formula is C22H25N3O5. The van der Waals surface area contributed by atoms with Crippen LogP contribution in [0.15, 0.2) is 30.6 Å². The van der Waals surface area contributed by atoms with Gasteiger partial charge in [-0.3, -0.25) is 19.3 Å². The van der Waals surface area contributed by atoms with Gasteiger partial charge in [0.2, 0.25) is 5.88 Å². The average Bonchev–Trinajstić information content (AvgIpc) is 3.31. The second kappa shape index (κ2) is 8.38. The zero-order valence-corrected chi connectivity index (χ0v) is 17.0. The van der Waals surface area contributed by atoms with Gasteiger partial charge in [0, 0.05) is 25.2 Å². The summed E-state index contributed by atoms with van der Waals surface area (Å²) in [6, 6.07) is 5.51. The summed E-state index contributed by atoms with van der Waals surface area (Å²) in [5, 5.41) is 4.50. The Bertz CT molecular complexity index is 927. The van der Waals surface area contributed by atoms with E-state index in [1.807, 2.05) is 18.2 Å². The van der Waals surface area contributed by atoms with Crippen LogP contribution in [0.4, 0.5) is 0 Å². The Morgan fingerprint density at radius 3 is 2.57 bits per heavy atom. The molecule has 0 amide bonds. The van der Waals surface area contributed by atoms with Crippen LogP contribution in [0.2, 0.25) is 0 Å². The van der Waals surface area contributed by atoms with Crippen LogP contribution in [0.5, 0.6) is 5.88 Å². The Morgan fingerprint density at radius 2 is 1.93 bits per heavy atom. The molecule has 0 aromatic carbocycles. The molecular weight excluding hydrogens is 386 g/mol. The lowest BCUT2D eigenvalue weighted by Crippen LogP contribution is -2.37. The summed E-state index contributed by atoms with van der Waals surface area (Å²) in [6.45, 7) is 2.17. The minimum atomic E-state index is -0.786. The molecule has 8 nitrogen and oxygen atoms in total. The quantitative estimate of drug-likeness (QED) is 0.532. The molecule has 1 spiro atoms. The highest BCUT2D eigenvalue weighted by atomic mass is 16.5. The first kappa shape index (κ1) is 20.3. The molecule has 0 bridgehead atoms. The SMILES string of the molecule is CCOC(=O)c1cn(C2CCC3(CC2)C(=O)CCC3=O)nc1OCc1ccccn1. The highest BCUT2D eigenvalue weighted by Gasteiger charge is 2.51. The van der Waals surface area contributed by atoms with E-state index < -0.39 is 11.4 Å². The average molecular weight is 411 g/mol. The largest absolute Gasteiger partial charge is 0.469 e. The van der Waals surface area contributed by atoms with Crippen LogP contribution >= 0.6 is 0 Å². The molecule has 8 heteroatoms. The maximum absolute atomic E-state index is 12.4. The van der Waals surface area contributed by atoms with Crippen molar-refractivity contribution in [1.29, 1.82) is 0 Å². The molecule has 2 aromatic heterocycles. The van der Waals surface area contributed by atoms with E-state index in [-0.39, 0.29) is 42.3 Å². The van der Waals surface area contributed by atoms with Gasteiger partial charge < -0.3 is 9.47 Å². The third kappa shape index (κ3) is 3.74. The fraction of sp³-hybridized carbons (Fsp3) is 0.500. The first-order chi connectivity index (χ1) is 14.5. The van der Waals surface area contributed by atoms with Gasteiger partial charge in [-0.15, -0.1) is 5.10 Å². The van der Waals surface area contributed by atoms with Gasteiger partial charge in [-0.2, -0.15) is 0 Å². The molecule has 4 rings (SSSR count). The molecule has 158 valence electrons. The Hall–Kier alpha value is -3.03. The van der Waals surface area contributed by atoms with Crippen molar-refractivity contribution in [3.8, 4) is 5.88 Å². The van der Waals surface area contributed by atoms with Gasteiger partial charge in [-0.1, -0.05) is 6.07 Å². The molecule has 0 atom stereocenters. The molecule has 2 heterocycles. The summed E-state index contributed by atoms with van der Waals surface area (Å²) in [6.07, 6.45) is 6.43. The van der Waals surface area contributed by atoms with E-state index in [9.17, 15) is 14.4 Å². The van der Waals surface area contributed by atoms with Crippen molar-refractivity contribution in [3.05, 3.63) is 41.9 Å². The smallest absolute Gasteiger partial charge is 0.345 e. The van der Waals surface area contributed by atoms with Gasteiger partial charge in [-0.25, -0.2) is 4.79 Å². The maximum atomic E-state index is 12.4. The second-order valence-electron chi connectivity index (χ2n) is 7.82. The fourth-order valence-electron chi connectivity index (χ4n) is 4.42. The standard InChI is InChI=1S/C22H25N3O5/c1-2-29-21(28)17-13-25(24-20(17)30-14-15-5-3-4-12-23-15)16-8-10-22(11-9-16)18(26)6-7-19(22)27/h3-5,12-13,16H,2,6-11,14H2,1H3. The third-order valence-corrected chi connectivity index (χ3v) is 6.11. The zero-order valence-electron chi connectivity index (χ0n) is 17.0. The fourth-order valence-corrected chi connectivity index (χ4v) is 4.42. The molecule has 2 saturated carbocycles. The zero-order chi connectivity index (χ0) is 21.1. The van der Waals surface area contributed by atoms with Gasteiger partial charge in [-0.05, 0) is 44.7 Å². The van der Waals surface area contributed by atoms with E-state index in [2.05, 4.69) is 10.1 Å². The Labute approximate surface area is 174 Å². The van der Waals surface area contributed by atoms with Crippen molar-refractivity contribution in [2.24, 2.45) is 5.41 Å². The molecule has 0 aliphatic heterocycles.